The van der Waals surface area contributed by atoms with Gasteiger partial charge in [-0.15, -0.1) is 0 Å². The molecule has 0 fully saturated rings. The zero-order valence-electron chi connectivity index (χ0n) is 11.1. The molecular formula is C16H14ClNO2. The predicted molar refractivity (Wildman–Crippen MR) is 78.5 cm³/mol. The van der Waals surface area contributed by atoms with Crippen LogP contribution >= 0.6 is 11.6 Å². The molecule has 0 atom stereocenters. The Labute approximate surface area is 123 Å². The fourth-order valence-electron chi connectivity index (χ4n) is 1.66. The number of para-hydroxylation sites is 2. The molecule has 2 rings (SSSR count). The van der Waals surface area contributed by atoms with E-state index in [1.54, 1.807) is 24.3 Å². The van der Waals surface area contributed by atoms with Crippen molar-refractivity contribution in [1.29, 1.82) is 5.26 Å². The van der Waals surface area contributed by atoms with E-state index in [0.717, 1.165) is 6.42 Å². The summed E-state index contributed by atoms with van der Waals surface area (Å²) in [5.41, 5.74) is 0.391. The van der Waals surface area contributed by atoms with Crippen LogP contribution in [0.1, 0.15) is 18.9 Å². The lowest BCUT2D eigenvalue weighted by Crippen LogP contribution is -1.97. The highest BCUT2D eigenvalue weighted by atomic mass is 35.5. The summed E-state index contributed by atoms with van der Waals surface area (Å²) in [6.07, 6.45) is 0.915. The van der Waals surface area contributed by atoms with E-state index >= 15 is 0 Å². The van der Waals surface area contributed by atoms with Gasteiger partial charge in [0.1, 0.15) is 11.8 Å². The summed E-state index contributed by atoms with van der Waals surface area (Å²) in [4.78, 5) is 0. The van der Waals surface area contributed by atoms with Crippen molar-refractivity contribution in [3.63, 3.8) is 0 Å². The SMILES string of the molecule is CCCOc1ccccc1Oc1ccc(Cl)cc1C#N. The van der Waals surface area contributed by atoms with Gasteiger partial charge in [0, 0.05) is 5.02 Å². The zero-order chi connectivity index (χ0) is 14.4. The van der Waals surface area contributed by atoms with Crippen LogP contribution in [0, 0.1) is 11.3 Å². The summed E-state index contributed by atoms with van der Waals surface area (Å²) in [6, 6.07) is 14.4. The third kappa shape index (κ3) is 3.43. The van der Waals surface area contributed by atoms with Crippen LogP contribution in [0.2, 0.25) is 5.02 Å². The Balaban J connectivity index is 2.28. The number of nitrogens with zero attached hydrogens (tertiary/aromatic N) is 1. The summed E-state index contributed by atoms with van der Waals surface area (Å²) in [7, 11) is 0. The Morgan fingerprint density at radius 1 is 1.10 bits per heavy atom. The normalized spacial score (nSPS) is 9.85. The van der Waals surface area contributed by atoms with Crippen molar-refractivity contribution < 1.29 is 9.47 Å². The van der Waals surface area contributed by atoms with Gasteiger partial charge in [-0.1, -0.05) is 30.7 Å². The molecule has 0 aromatic heterocycles. The second kappa shape index (κ2) is 6.83. The first-order chi connectivity index (χ1) is 9.74. The molecule has 0 amide bonds. The van der Waals surface area contributed by atoms with Crippen LogP contribution in [0.25, 0.3) is 0 Å². The van der Waals surface area contributed by atoms with Crippen molar-refractivity contribution in [2.24, 2.45) is 0 Å². The highest BCUT2D eigenvalue weighted by Gasteiger charge is 2.09. The molecule has 2 aromatic carbocycles. The van der Waals surface area contributed by atoms with Crippen LogP contribution in [0.5, 0.6) is 17.2 Å². The van der Waals surface area contributed by atoms with Crippen LogP contribution in [0.15, 0.2) is 42.5 Å². The van der Waals surface area contributed by atoms with Gasteiger partial charge in [0.25, 0.3) is 0 Å². The van der Waals surface area contributed by atoms with Crippen LogP contribution in [-0.2, 0) is 0 Å². The lowest BCUT2D eigenvalue weighted by atomic mass is 10.2. The molecule has 0 aliphatic heterocycles. The molecule has 0 aliphatic carbocycles. The smallest absolute Gasteiger partial charge is 0.169 e. The maximum absolute atomic E-state index is 9.11. The molecule has 0 saturated carbocycles. The standard InChI is InChI=1S/C16H14ClNO2/c1-2-9-19-15-5-3-4-6-16(15)20-14-8-7-13(17)10-12(14)11-18/h3-8,10H,2,9H2,1H3. The van der Waals surface area contributed by atoms with Gasteiger partial charge >= 0.3 is 0 Å². The fraction of sp³-hybridized carbons (Fsp3) is 0.188. The third-order valence-electron chi connectivity index (χ3n) is 2.59. The molecule has 102 valence electrons. The van der Waals surface area contributed by atoms with Crippen molar-refractivity contribution in [1.82, 2.24) is 0 Å². The lowest BCUT2D eigenvalue weighted by molar-refractivity contribution is 0.302. The summed E-state index contributed by atoms with van der Waals surface area (Å²) in [5, 5.41) is 9.62. The molecule has 0 unspecified atom stereocenters. The van der Waals surface area contributed by atoms with Gasteiger partial charge in [-0.3, -0.25) is 0 Å². The number of hydrogen-bond acceptors (Lipinski definition) is 3. The van der Waals surface area contributed by atoms with Gasteiger partial charge in [-0.05, 0) is 36.8 Å². The fourth-order valence-corrected chi connectivity index (χ4v) is 1.83. The largest absolute Gasteiger partial charge is 0.490 e. The van der Waals surface area contributed by atoms with E-state index in [1.165, 1.54) is 0 Å². The highest BCUT2D eigenvalue weighted by Crippen LogP contribution is 2.33. The van der Waals surface area contributed by atoms with E-state index in [9.17, 15) is 0 Å². The van der Waals surface area contributed by atoms with Gasteiger partial charge in [0.05, 0.1) is 12.2 Å². The number of nitriles is 1. The first kappa shape index (κ1) is 14.2. The Morgan fingerprint density at radius 3 is 2.55 bits per heavy atom. The molecule has 0 N–H and O–H groups in total. The van der Waals surface area contributed by atoms with Gasteiger partial charge in [0.2, 0.25) is 0 Å². The van der Waals surface area contributed by atoms with Gasteiger partial charge < -0.3 is 9.47 Å². The summed E-state index contributed by atoms with van der Waals surface area (Å²) >= 11 is 5.87. The summed E-state index contributed by atoms with van der Waals surface area (Å²) in [5.74, 6) is 1.71. The molecule has 0 spiro atoms. The quantitative estimate of drug-likeness (QED) is 0.794. The second-order valence-corrected chi connectivity index (χ2v) is 4.59. The van der Waals surface area contributed by atoms with Crippen molar-refractivity contribution >= 4 is 11.6 Å². The van der Waals surface area contributed by atoms with E-state index in [0.29, 0.717) is 34.4 Å². The first-order valence-corrected chi connectivity index (χ1v) is 6.71. The molecule has 0 radical (unpaired) electrons. The number of rotatable bonds is 5. The minimum atomic E-state index is 0.391. The lowest BCUT2D eigenvalue weighted by Gasteiger charge is -2.12. The predicted octanol–water partition coefficient (Wildman–Crippen LogP) is 4.79. The average molecular weight is 288 g/mol. The molecule has 0 saturated heterocycles. The van der Waals surface area contributed by atoms with E-state index in [1.807, 2.05) is 25.1 Å². The van der Waals surface area contributed by atoms with Crippen molar-refractivity contribution in [2.75, 3.05) is 6.61 Å². The number of hydrogen-bond donors (Lipinski definition) is 0. The Hall–Kier alpha value is -2.18. The topological polar surface area (TPSA) is 42.2 Å². The molecule has 0 aliphatic rings. The highest BCUT2D eigenvalue weighted by molar-refractivity contribution is 6.30. The van der Waals surface area contributed by atoms with Gasteiger partial charge in [0.15, 0.2) is 11.5 Å². The Bertz CT molecular complexity index is 635. The van der Waals surface area contributed by atoms with E-state index in [2.05, 4.69) is 6.07 Å². The van der Waals surface area contributed by atoms with Crippen molar-refractivity contribution in [3.05, 3.63) is 53.1 Å². The Morgan fingerprint density at radius 2 is 1.85 bits per heavy atom. The zero-order valence-corrected chi connectivity index (χ0v) is 11.9. The first-order valence-electron chi connectivity index (χ1n) is 6.34. The molecule has 4 heteroatoms. The average Bonchev–Trinajstić information content (AvgIpc) is 2.48. The van der Waals surface area contributed by atoms with E-state index in [4.69, 9.17) is 26.3 Å². The monoisotopic (exact) mass is 287 g/mol. The molecule has 0 heterocycles. The maximum Gasteiger partial charge on any atom is 0.169 e. The maximum atomic E-state index is 9.11. The van der Waals surface area contributed by atoms with E-state index < -0.39 is 0 Å². The number of benzene rings is 2. The van der Waals surface area contributed by atoms with Crippen LogP contribution in [0.4, 0.5) is 0 Å². The van der Waals surface area contributed by atoms with Crippen molar-refractivity contribution in [3.8, 4) is 23.3 Å². The minimum absolute atomic E-state index is 0.391. The Kier molecular flexibility index (Phi) is 4.86. The van der Waals surface area contributed by atoms with Gasteiger partial charge in [-0.2, -0.15) is 5.26 Å². The second-order valence-electron chi connectivity index (χ2n) is 4.15. The number of halogens is 1. The van der Waals surface area contributed by atoms with Crippen molar-refractivity contribution in [2.45, 2.75) is 13.3 Å². The molecular weight excluding hydrogens is 274 g/mol. The molecule has 3 nitrogen and oxygen atoms in total. The number of ether oxygens (including phenoxy) is 2. The molecule has 20 heavy (non-hydrogen) atoms. The summed E-state index contributed by atoms with van der Waals surface area (Å²) < 4.78 is 11.4. The van der Waals surface area contributed by atoms with Crippen LogP contribution in [0.3, 0.4) is 0 Å². The van der Waals surface area contributed by atoms with E-state index in [-0.39, 0.29) is 0 Å². The molecule has 2 aromatic rings. The molecule has 0 bridgehead atoms. The van der Waals surface area contributed by atoms with Crippen LogP contribution in [-0.4, -0.2) is 6.61 Å². The van der Waals surface area contributed by atoms with Crippen LogP contribution < -0.4 is 9.47 Å². The minimum Gasteiger partial charge on any atom is -0.490 e. The summed E-state index contributed by atoms with van der Waals surface area (Å²) in [6.45, 7) is 2.66. The third-order valence-corrected chi connectivity index (χ3v) is 2.83. The van der Waals surface area contributed by atoms with Gasteiger partial charge in [-0.25, -0.2) is 0 Å².